The van der Waals surface area contributed by atoms with Gasteiger partial charge in [-0.15, -0.1) is 0 Å². The molecular formula is C21H34O4. The maximum atomic E-state index is 10.4. The molecule has 0 aliphatic carbocycles. The third-order valence-corrected chi connectivity index (χ3v) is 4.50. The van der Waals surface area contributed by atoms with Gasteiger partial charge in [0.25, 0.3) is 0 Å². The second-order valence-electron chi connectivity index (χ2n) is 6.94. The Bertz CT molecular complexity index is 562. The molecule has 1 rings (SSSR count). The maximum Gasteiger partial charge on any atom is 0.207 e. The van der Waals surface area contributed by atoms with Crippen LogP contribution in [0.15, 0.2) is 6.08 Å². The van der Waals surface area contributed by atoms with E-state index in [0.29, 0.717) is 11.1 Å². The van der Waals surface area contributed by atoms with Gasteiger partial charge in [-0.3, -0.25) is 0 Å². The third-order valence-electron chi connectivity index (χ3n) is 4.50. The molecule has 0 amide bonds. The number of methoxy groups -OCH3 is 2. The van der Waals surface area contributed by atoms with Gasteiger partial charge in [-0.1, -0.05) is 58.1 Å². The monoisotopic (exact) mass is 350 g/mol. The van der Waals surface area contributed by atoms with E-state index in [0.717, 1.165) is 18.8 Å². The van der Waals surface area contributed by atoms with Crippen LogP contribution in [-0.2, 0) is 0 Å². The van der Waals surface area contributed by atoms with Gasteiger partial charge < -0.3 is 19.7 Å². The summed E-state index contributed by atoms with van der Waals surface area (Å²) in [5.74, 6) is 1.13. The number of aromatic hydroxyl groups is 2. The van der Waals surface area contributed by atoms with E-state index in [2.05, 4.69) is 13.8 Å². The topological polar surface area (TPSA) is 58.9 Å². The first-order chi connectivity index (χ1) is 11.9. The molecule has 0 fully saturated rings. The standard InChI is InChI=1S/C21H34O4/c1-15(2)13-11-9-7-6-8-10-12-14-17-16(3)18(22)20(24-4)21(25-5)19(17)23/h12,14-15,22-23H,6-11,13H2,1-5H3/b14-12+. The van der Waals surface area contributed by atoms with Crippen molar-refractivity contribution in [1.82, 2.24) is 0 Å². The summed E-state index contributed by atoms with van der Waals surface area (Å²) in [4.78, 5) is 0. The lowest BCUT2D eigenvalue weighted by Gasteiger charge is -2.16. The van der Waals surface area contributed by atoms with Crippen molar-refractivity contribution in [3.63, 3.8) is 0 Å². The summed E-state index contributed by atoms with van der Waals surface area (Å²) < 4.78 is 10.3. The maximum absolute atomic E-state index is 10.4. The molecule has 0 spiro atoms. The average molecular weight is 350 g/mol. The first-order valence-electron chi connectivity index (χ1n) is 9.27. The van der Waals surface area contributed by atoms with Gasteiger partial charge in [0.05, 0.1) is 14.2 Å². The molecule has 0 heterocycles. The van der Waals surface area contributed by atoms with Crippen molar-refractivity contribution in [3.05, 3.63) is 17.2 Å². The molecule has 1 aromatic carbocycles. The molecule has 4 nitrogen and oxygen atoms in total. The highest BCUT2D eigenvalue weighted by Crippen LogP contribution is 2.48. The summed E-state index contributed by atoms with van der Waals surface area (Å²) in [6, 6.07) is 0. The van der Waals surface area contributed by atoms with Gasteiger partial charge >= 0.3 is 0 Å². The van der Waals surface area contributed by atoms with Crippen molar-refractivity contribution in [2.75, 3.05) is 14.2 Å². The molecule has 0 aliphatic rings. The van der Waals surface area contributed by atoms with Gasteiger partial charge in [0, 0.05) is 11.1 Å². The van der Waals surface area contributed by atoms with Crippen molar-refractivity contribution in [1.29, 1.82) is 0 Å². The molecule has 0 unspecified atom stereocenters. The Balaban J connectivity index is 2.56. The van der Waals surface area contributed by atoms with E-state index in [4.69, 9.17) is 9.47 Å². The minimum atomic E-state index is -0.000384. The Morgan fingerprint density at radius 2 is 1.44 bits per heavy atom. The van der Waals surface area contributed by atoms with Crippen LogP contribution in [0.5, 0.6) is 23.0 Å². The van der Waals surface area contributed by atoms with E-state index in [1.807, 2.05) is 12.2 Å². The van der Waals surface area contributed by atoms with Crippen LogP contribution in [-0.4, -0.2) is 24.4 Å². The smallest absolute Gasteiger partial charge is 0.207 e. The first-order valence-corrected chi connectivity index (χ1v) is 9.27. The van der Waals surface area contributed by atoms with E-state index in [1.165, 1.54) is 46.3 Å². The number of hydrogen-bond acceptors (Lipinski definition) is 4. The lowest BCUT2D eigenvalue weighted by molar-refractivity contribution is 0.315. The Morgan fingerprint density at radius 3 is 2.04 bits per heavy atom. The first kappa shape index (κ1) is 21.2. The second kappa shape index (κ2) is 10.9. The predicted octanol–water partition coefficient (Wildman–Crippen LogP) is 5.82. The fourth-order valence-electron chi connectivity index (χ4n) is 2.94. The predicted molar refractivity (Wildman–Crippen MR) is 104 cm³/mol. The van der Waals surface area contributed by atoms with Gasteiger partial charge in [-0.25, -0.2) is 0 Å². The number of ether oxygens (including phenoxy) is 2. The molecule has 0 saturated heterocycles. The lowest BCUT2D eigenvalue weighted by atomic mass is 10.0. The molecule has 0 aromatic heterocycles. The SMILES string of the molecule is COc1c(O)c(C)c(/C=C/CCCCCCCC(C)C)c(O)c1OC. The number of allylic oxidation sites excluding steroid dienone is 1. The highest BCUT2D eigenvalue weighted by Gasteiger charge is 2.21. The molecule has 0 bridgehead atoms. The van der Waals surface area contributed by atoms with Gasteiger partial charge in [0.2, 0.25) is 11.5 Å². The van der Waals surface area contributed by atoms with Crippen LogP contribution in [0.2, 0.25) is 0 Å². The van der Waals surface area contributed by atoms with Crippen molar-refractivity contribution in [2.24, 2.45) is 5.92 Å². The largest absolute Gasteiger partial charge is 0.504 e. The number of benzene rings is 1. The van der Waals surface area contributed by atoms with Crippen LogP contribution in [0, 0.1) is 12.8 Å². The third kappa shape index (κ3) is 6.18. The van der Waals surface area contributed by atoms with E-state index in [-0.39, 0.29) is 23.0 Å². The number of phenolic OH excluding ortho intramolecular Hbond substituents is 2. The molecule has 0 radical (unpaired) electrons. The zero-order valence-corrected chi connectivity index (χ0v) is 16.4. The van der Waals surface area contributed by atoms with Gasteiger partial charge in [-0.2, -0.15) is 0 Å². The number of hydrogen-bond donors (Lipinski definition) is 2. The summed E-state index contributed by atoms with van der Waals surface area (Å²) >= 11 is 0. The summed E-state index contributed by atoms with van der Waals surface area (Å²) in [5, 5.41) is 20.6. The summed E-state index contributed by atoms with van der Waals surface area (Å²) in [7, 11) is 2.88. The second-order valence-corrected chi connectivity index (χ2v) is 6.94. The highest BCUT2D eigenvalue weighted by atomic mass is 16.5. The molecule has 2 N–H and O–H groups in total. The van der Waals surface area contributed by atoms with Crippen molar-refractivity contribution >= 4 is 6.08 Å². The Labute approximate surface area is 152 Å². The molecule has 0 aliphatic heterocycles. The Hall–Kier alpha value is -1.84. The zero-order chi connectivity index (χ0) is 18.8. The van der Waals surface area contributed by atoms with Crippen molar-refractivity contribution in [3.8, 4) is 23.0 Å². The van der Waals surface area contributed by atoms with Crippen LogP contribution < -0.4 is 9.47 Å². The average Bonchev–Trinajstić information content (AvgIpc) is 2.58. The Morgan fingerprint density at radius 1 is 0.880 bits per heavy atom. The Kier molecular flexibility index (Phi) is 9.25. The van der Waals surface area contributed by atoms with E-state index >= 15 is 0 Å². The molecule has 142 valence electrons. The minimum Gasteiger partial charge on any atom is -0.504 e. The van der Waals surface area contributed by atoms with Crippen LogP contribution in [0.3, 0.4) is 0 Å². The number of rotatable bonds is 11. The highest BCUT2D eigenvalue weighted by molar-refractivity contribution is 5.74. The molecule has 0 saturated carbocycles. The summed E-state index contributed by atoms with van der Waals surface area (Å²) in [5.41, 5.74) is 1.16. The molecule has 4 heteroatoms. The normalized spacial score (nSPS) is 11.4. The molecule has 25 heavy (non-hydrogen) atoms. The van der Waals surface area contributed by atoms with E-state index < -0.39 is 0 Å². The van der Waals surface area contributed by atoms with E-state index in [1.54, 1.807) is 6.92 Å². The van der Waals surface area contributed by atoms with E-state index in [9.17, 15) is 10.2 Å². The minimum absolute atomic E-state index is 0.000384. The molecule has 0 atom stereocenters. The fraction of sp³-hybridized carbons (Fsp3) is 0.619. The van der Waals surface area contributed by atoms with Gasteiger partial charge in [0.1, 0.15) is 0 Å². The van der Waals surface area contributed by atoms with Crippen LogP contribution >= 0.6 is 0 Å². The zero-order valence-electron chi connectivity index (χ0n) is 16.4. The van der Waals surface area contributed by atoms with Crippen LogP contribution in [0.4, 0.5) is 0 Å². The number of unbranched alkanes of at least 4 members (excludes halogenated alkanes) is 5. The molecule has 1 aromatic rings. The quantitative estimate of drug-likeness (QED) is 0.390. The van der Waals surface area contributed by atoms with Gasteiger partial charge in [0.15, 0.2) is 11.5 Å². The van der Waals surface area contributed by atoms with Crippen LogP contribution in [0.1, 0.15) is 69.9 Å². The van der Waals surface area contributed by atoms with Crippen molar-refractivity contribution in [2.45, 2.75) is 65.7 Å². The number of phenols is 2. The van der Waals surface area contributed by atoms with Gasteiger partial charge in [-0.05, 0) is 25.7 Å². The van der Waals surface area contributed by atoms with Crippen molar-refractivity contribution < 1.29 is 19.7 Å². The fourth-order valence-corrected chi connectivity index (χ4v) is 2.94. The molecular weight excluding hydrogens is 316 g/mol. The summed E-state index contributed by atoms with van der Waals surface area (Å²) in [6.45, 7) is 6.30. The van der Waals surface area contributed by atoms with Crippen LogP contribution in [0.25, 0.3) is 6.08 Å². The lowest BCUT2D eigenvalue weighted by Crippen LogP contribution is -1.96. The summed E-state index contributed by atoms with van der Waals surface area (Å²) in [6.07, 6.45) is 12.5.